The predicted molar refractivity (Wildman–Crippen MR) is 158 cm³/mol. The molecule has 1 aliphatic heterocycles. The summed E-state index contributed by atoms with van der Waals surface area (Å²) in [7, 11) is 0. The molecule has 2 aromatic carbocycles. The van der Waals surface area contributed by atoms with Gasteiger partial charge in [-0.2, -0.15) is 9.97 Å². The number of hydrogen-bond acceptors (Lipinski definition) is 10. The van der Waals surface area contributed by atoms with E-state index in [4.69, 9.17) is 9.51 Å². The fraction of sp³-hybridized carbons (Fsp3) is 0.226. The molecule has 42 heavy (non-hydrogen) atoms. The maximum atomic E-state index is 12.9. The van der Waals surface area contributed by atoms with Crippen LogP contribution < -0.4 is 10.6 Å². The van der Waals surface area contributed by atoms with E-state index in [2.05, 4.69) is 30.7 Å². The van der Waals surface area contributed by atoms with Crippen LogP contribution in [0.25, 0.3) is 22.8 Å². The zero-order valence-corrected chi connectivity index (χ0v) is 23.4. The lowest BCUT2D eigenvalue weighted by Crippen LogP contribution is -2.38. The van der Waals surface area contributed by atoms with Crippen molar-refractivity contribution in [3.8, 4) is 22.8 Å². The summed E-state index contributed by atoms with van der Waals surface area (Å²) in [6.45, 7) is 6.50. The maximum Gasteiger partial charge on any atom is 0.263 e. The van der Waals surface area contributed by atoms with Crippen LogP contribution in [0.15, 0.2) is 83.8 Å². The molecule has 11 heteroatoms. The number of carbonyl (C=O) groups excluding carboxylic acids is 1. The lowest BCUT2D eigenvalue weighted by Gasteiger charge is -2.31. The van der Waals surface area contributed by atoms with Crippen molar-refractivity contribution in [2.24, 2.45) is 0 Å². The highest BCUT2D eigenvalue weighted by atomic mass is 16.5. The van der Waals surface area contributed by atoms with Crippen LogP contribution in [0.3, 0.4) is 0 Å². The van der Waals surface area contributed by atoms with Crippen molar-refractivity contribution in [1.29, 1.82) is 0 Å². The van der Waals surface area contributed by atoms with Crippen LogP contribution in [0, 0.1) is 0 Å². The molecule has 11 nitrogen and oxygen atoms in total. The molecule has 0 aliphatic carbocycles. The zero-order chi connectivity index (χ0) is 29.3. The molecule has 1 atom stereocenters. The van der Waals surface area contributed by atoms with Crippen molar-refractivity contribution in [3.63, 3.8) is 0 Å². The second kappa shape index (κ2) is 11.0. The molecule has 1 aliphatic rings. The van der Waals surface area contributed by atoms with Crippen molar-refractivity contribution in [2.75, 3.05) is 23.8 Å². The molecule has 6 rings (SSSR count). The predicted octanol–water partition coefficient (Wildman–Crippen LogP) is 5.19. The first kappa shape index (κ1) is 27.0. The largest absolute Gasteiger partial charge is 0.394 e. The monoisotopic (exact) mass is 562 g/mol. The van der Waals surface area contributed by atoms with Crippen LogP contribution in [0.5, 0.6) is 0 Å². The molecule has 0 spiro atoms. The lowest BCUT2D eigenvalue weighted by atomic mass is 9.93. The third kappa shape index (κ3) is 4.94. The molecule has 3 N–H and O–H groups in total. The molecule has 212 valence electrons. The topological polar surface area (TPSA) is 142 Å². The number of pyridine rings is 1. The van der Waals surface area contributed by atoms with Gasteiger partial charge in [-0.1, -0.05) is 35.5 Å². The van der Waals surface area contributed by atoms with Crippen LogP contribution in [0.4, 0.5) is 17.5 Å². The van der Waals surface area contributed by atoms with E-state index in [1.54, 1.807) is 24.7 Å². The van der Waals surface area contributed by atoms with E-state index < -0.39 is 11.6 Å². The molecule has 0 bridgehead atoms. The number of anilines is 3. The van der Waals surface area contributed by atoms with Crippen molar-refractivity contribution < 1.29 is 14.4 Å². The number of rotatable bonds is 9. The number of benzene rings is 2. The number of aliphatic hydroxyl groups is 1. The molecule has 0 unspecified atom stereocenters. The smallest absolute Gasteiger partial charge is 0.263 e. The minimum absolute atomic E-state index is 0.0253. The van der Waals surface area contributed by atoms with Crippen molar-refractivity contribution in [1.82, 2.24) is 30.0 Å². The first-order chi connectivity index (χ1) is 20.4. The lowest BCUT2D eigenvalue weighted by molar-refractivity contribution is 0.0635. The van der Waals surface area contributed by atoms with E-state index in [0.717, 1.165) is 16.8 Å². The summed E-state index contributed by atoms with van der Waals surface area (Å²) in [4.78, 5) is 32.7. The van der Waals surface area contributed by atoms with E-state index in [-0.39, 0.29) is 18.4 Å². The van der Waals surface area contributed by atoms with Gasteiger partial charge in [-0.3, -0.25) is 9.78 Å². The molecule has 3 aromatic heterocycles. The molecule has 4 heterocycles. The standard InChI is InChI=1S/C31H30N8O3/c1-4-39-29(41)22-13-12-21(15-24(22)31(39,2)3)34-30-33-17-23(28-36-26(38-42-28)20-11-8-14-32-16-20)27(37-30)35-25(18-40)19-9-6-5-7-10-19/h5-17,25,40H,4,18H2,1-3H3,(H2,33,34,35,37)/t25-/m1/s1. The fourth-order valence-corrected chi connectivity index (χ4v) is 5.27. The number of fused-ring (bicyclic) bond motifs is 1. The van der Waals surface area contributed by atoms with Gasteiger partial charge in [0.25, 0.3) is 11.8 Å². The minimum atomic E-state index is -0.458. The Morgan fingerprint density at radius 3 is 2.60 bits per heavy atom. The summed E-state index contributed by atoms with van der Waals surface area (Å²) in [5.74, 6) is 1.32. The number of carbonyl (C=O) groups is 1. The average Bonchev–Trinajstić information content (AvgIpc) is 3.57. The summed E-state index contributed by atoms with van der Waals surface area (Å²) < 4.78 is 5.60. The highest BCUT2D eigenvalue weighted by molar-refractivity contribution is 6.00. The third-order valence-electron chi connectivity index (χ3n) is 7.46. The number of amides is 1. The van der Waals surface area contributed by atoms with Crippen molar-refractivity contribution in [2.45, 2.75) is 32.4 Å². The van der Waals surface area contributed by atoms with Crippen LogP contribution in [-0.4, -0.2) is 54.2 Å². The highest BCUT2D eigenvalue weighted by Crippen LogP contribution is 2.40. The van der Waals surface area contributed by atoms with E-state index in [9.17, 15) is 9.90 Å². The van der Waals surface area contributed by atoms with E-state index in [1.165, 1.54) is 0 Å². The van der Waals surface area contributed by atoms with Gasteiger partial charge in [-0.05, 0) is 62.2 Å². The van der Waals surface area contributed by atoms with Gasteiger partial charge >= 0.3 is 0 Å². The Labute approximate surface area is 242 Å². The van der Waals surface area contributed by atoms with Gasteiger partial charge < -0.3 is 25.2 Å². The Morgan fingerprint density at radius 1 is 1.02 bits per heavy atom. The first-order valence-electron chi connectivity index (χ1n) is 13.7. The van der Waals surface area contributed by atoms with Crippen LogP contribution in [0.1, 0.15) is 48.3 Å². The maximum absolute atomic E-state index is 12.9. The molecule has 0 saturated carbocycles. The quantitative estimate of drug-likeness (QED) is 0.220. The van der Waals surface area contributed by atoms with E-state index in [0.29, 0.717) is 40.8 Å². The third-order valence-corrected chi connectivity index (χ3v) is 7.46. The fourth-order valence-electron chi connectivity index (χ4n) is 5.27. The highest BCUT2D eigenvalue weighted by Gasteiger charge is 2.42. The summed E-state index contributed by atoms with van der Waals surface area (Å²) in [5.41, 5.74) is 3.99. The van der Waals surface area contributed by atoms with Gasteiger partial charge in [0, 0.05) is 41.9 Å². The van der Waals surface area contributed by atoms with Crippen molar-refractivity contribution >= 4 is 23.4 Å². The molecular formula is C31H30N8O3. The normalized spacial score (nSPS) is 14.5. The van der Waals surface area contributed by atoms with Crippen molar-refractivity contribution in [3.05, 3.63) is 95.9 Å². The van der Waals surface area contributed by atoms with Gasteiger partial charge in [0.1, 0.15) is 11.4 Å². The van der Waals surface area contributed by atoms with Crippen LogP contribution in [-0.2, 0) is 5.54 Å². The Hall–Kier alpha value is -5.16. The molecule has 0 saturated heterocycles. The summed E-state index contributed by atoms with van der Waals surface area (Å²) in [6.07, 6.45) is 4.92. The van der Waals surface area contributed by atoms with Gasteiger partial charge in [0.15, 0.2) is 0 Å². The molecule has 0 fully saturated rings. The summed E-state index contributed by atoms with van der Waals surface area (Å²) in [5, 5.41) is 21.0. The van der Waals surface area contributed by atoms with Gasteiger partial charge in [-0.25, -0.2) is 4.98 Å². The molecule has 0 radical (unpaired) electrons. The van der Waals surface area contributed by atoms with Crippen LogP contribution in [0.2, 0.25) is 0 Å². The van der Waals surface area contributed by atoms with E-state index >= 15 is 0 Å². The molecule has 5 aromatic rings. The number of aromatic nitrogens is 5. The number of nitrogens with one attached hydrogen (secondary N) is 2. The van der Waals surface area contributed by atoms with Gasteiger partial charge in [0.2, 0.25) is 11.8 Å². The first-order valence-corrected chi connectivity index (χ1v) is 13.7. The second-order valence-electron chi connectivity index (χ2n) is 10.4. The Morgan fingerprint density at radius 2 is 1.86 bits per heavy atom. The second-order valence-corrected chi connectivity index (χ2v) is 10.4. The average molecular weight is 563 g/mol. The Kier molecular flexibility index (Phi) is 7.09. The number of aliphatic hydroxyl groups excluding tert-OH is 1. The molecule has 1 amide bonds. The SMILES string of the molecule is CCN1C(=O)c2ccc(Nc3ncc(-c4nc(-c5cccnc5)no4)c(N[C@H](CO)c4ccccc4)n3)cc2C1(C)C. The van der Waals surface area contributed by atoms with Gasteiger partial charge in [-0.15, -0.1) is 0 Å². The zero-order valence-electron chi connectivity index (χ0n) is 23.4. The van der Waals surface area contributed by atoms with Gasteiger partial charge in [0.05, 0.1) is 18.2 Å². The number of nitrogens with zero attached hydrogens (tertiary/aromatic N) is 6. The minimum Gasteiger partial charge on any atom is -0.394 e. The summed E-state index contributed by atoms with van der Waals surface area (Å²) in [6, 6.07) is 18.4. The van der Waals surface area contributed by atoms with E-state index in [1.807, 2.05) is 80.3 Å². The Balaban J connectivity index is 1.36. The van der Waals surface area contributed by atoms with Crippen LogP contribution >= 0.6 is 0 Å². The summed E-state index contributed by atoms with van der Waals surface area (Å²) >= 11 is 0. The Bertz CT molecular complexity index is 1720. The number of hydrogen-bond donors (Lipinski definition) is 3. The molecular weight excluding hydrogens is 532 g/mol.